The number of rotatable bonds is 17. The van der Waals surface area contributed by atoms with Crippen LogP contribution < -0.4 is 33.2 Å². The van der Waals surface area contributed by atoms with E-state index in [1.165, 1.54) is 24.3 Å². The minimum atomic E-state index is -1.51. The van der Waals surface area contributed by atoms with Crippen molar-refractivity contribution >= 4 is 29.6 Å². The fourth-order valence-electron chi connectivity index (χ4n) is 4.02. The Morgan fingerprint density at radius 2 is 1.29 bits per heavy atom. The molecule has 0 radical (unpaired) electrons. The second-order valence-electron chi connectivity index (χ2n) is 9.64. The van der Waals surface area contributed by atoms with Crippen LogP contribution in [0.2, 0.25) is 0 Å². The quantitative estimate of drug-likeness (QED) is 0.109. The van der Waals surface area contributed by atoms with Crippen LogP contribution in [0.1, 0.15) is 36.8 Å². The summed E-state index contributed by atoms with van der Waals surface area (Å²) in [6, 6.07) is 9.85. The van der Waals surface area contributed by atoms with E-state index in [2.05, 4.69) is 16.0 Å². The molecule has 0 aromatic heterocycles. The fourth-order valence-corrected chi connectivity index (χ4v) is 4.02. The SMILES string of the molecule is NCCCCC(NC(=O)C(N)Cc1ccccc1)C(=O)NC(CC(N)=O)C(=O)NC(Cc1ccc(O)cc1)C(=O)O. The van der Waals surface area contributed by atoms with Crippen molar-refractivity contribution in [3.63, 3.8) is 0 Å². The average molecular weight is 571 g/mol. The predicted molar refractivity (Wildman–Crippen MR) is 150 cm³/mol. The molecule has 13 nitrogen and oxygen atoms in total. The minimum absolute atomic E-state index is 0.0111. The van der Waals surface area contributed by atoms with Gasteiger partial charge >= 0.3 is 5.97 Å². The number of benzene rings is 2. The molecule has 41 heavy (non-hydrogen) atoms. The molecule has 0 heterocycles. The summed E-state index contributed by atoms with van der Waals surface area (Å²) >= 11 is 0. The van der Waals surface area contributed by atoms with E-state index in [1.807, 2.05) is 30.3 Å². The van der Waals surface area contributed by atoms with Crippen molar-refractivity contribution in [3.8, 4) is 5.75 Å². The molecule has 11 N–H and O–H groups in total. The molecule has 0 spiro atoms. The molecule has 4 amide bonds. The van der Waals surface area contributed by atoms with Crippen LogP contribution in [-0.2, 0) is 36.8 Å². The van der Waals surface area contributed by atoms with Gasteiger partial charge in [0.05, 0.1) is 12.5 Å². The van der Waals surface area contributed by atoms with Crippen molar-refractivity contribution < 1.29 is 34.2 Å². The Hall–Kier alpha value is -4.49. The summed E-state index contributed by atoms with van der Waals surface area (Å²) in [6.45, 7) is 0.361. The van der Waals surface area contributed by atoms with Crippen molar-refractivity contribution in [2.75, 3.05) is 6.54 Å². The topological polar surface area (TPSA) is 240 Å². The lowest BCUT2D eigenvalue weighted by atomic mass is 10.0. The molecule has 0 saturated carbocycles. The maximum absolute atomic E-state index is 13.2. The maximum atomic E-state index is 13.2. The van der Waals surface area contributed by atoms with E-state index >= 15 is 0 Å². The fraction of sp³-hybridized carbons (Fsp3) is 0.393. The number of nitrogens with two attached hydrogens (primary N) is 3. The first-order valence-electron chi connectivity index (χ1n) is 13.2. The van der Waals surface area contributed by atoms with Crippen LogP contribution in [0.25, 0.3) is 0 Å². The third-order valence-electron chi connectivity index (χ3n) is 6.24. The first kappa shape index (κ1) is 32.7. The monoisotopic (exact) mass is 570 g/mol. The summed E-state index contributed by atoms with van der Waals surface area (Å²) in [5.74, 6) is -4.58. The number of aliphatic carboxylic acids is 1. The van der Waals surface area contributed by atoms with Gasteiger partial charge in [-0.1, -0.05) is 42.5 Å². The summed E-state index contributed by atoms with van der Waals surface area (Å²) in [4.78, 5) is 62.6. The Kier molecular flexibility index (Phi) is 13.2. The summed E-state index contributed by atoms with van der Waals surface area (Å²) in [5, 5.41) is 26.4. The van der Waals surface area contributed by atoms with Crippen molar-refractivity contribution in [1.29, 1.82) is 0 Å². The van der Waals surface area contributed by atoms with Gasteiger partial charge < -0.3 is 43.4 Å². The van der Waals surface area contributed by atoms with Crippen LogP contribution in [0.3, 0.4) is 0 Å². The number of nitrogens with one attached hydrogen (secondary N) is 3. The number of hydrogen-bond acceptors (Lipinski definition) is 8. The van der Waals surface area contributed by atoms with E-state index in [0.717, 1.165) is 5.56 Å². The molecular weight excluding hydrogens is 532 g/mol. The van der Waals surface area contributed by atoms with Crippen molar-refractivity contribution in [2.24, 2.45) is 17.2 Å². The van der Waals surface area contributed by atoms with Gasteiger partial charge in [0.1, 0.15) is 23.9 Å². The Labute approximate surface area is 237 Å². The average Bonchev–Trinajstić information content (AvgIpc) is 2.93. The molecule has 0 aliphatic heterocycles. The first-order valence-corrected chi connectivity index (χ1v) is 13.2. The molecule has 2 aromatic carbocycles. The molecule has 0 bridgehead atoms. The molecular formula is C28H38N6O7. The van der Waals surface area contributed by atoms with Gasteiger partial charge in [-0.3, -0.25) is 19.2 Å². The summed E-state index contributed by atoms with van der Waals surface area (Å²) in [5.41, 5.74) is 18.3. The molecule has 4 atom stereocenters. The highest BCUT2D eigenvalue weighted by Gasteiger charge is 2.31. The van der Waals surface area contributed by atoms with E-state index in [0.29, 0.717) is 24.9 Å². The van der Waals surface area contributed by atoms with Gasteiger partial charge in [0, 0.05) is 6.42 Å². The van der Waals surface area contributed by atoms with Gasteiger partial charge in [-0.25, -0.2) is 4.79 Å². The van der Waals surface area contributed by atoms with Gasteiger partial charge in [0.2, 0.25) is 23.6 Å². The van der Waals surface area contributed by atoms with Crippen molar-refractivity contribution in [1.82, 2.24) is 16.0 Å². The number of carboxylic acids is 1. The van der Waals surface area contributed by atoms with Crippen LogP contribution >= 0.6 is 0 Å². The van der Waals surface area contributed by atoms with Gasteiger partial charge in [0.15, 0.2) is 0 Å². The molecule has 0 aliphatic rings. The molecule has 0 saturated heterocycles. The lowest BCUT2D eigenvalue weighted by molar-refractivity contribution is -0.142. The zero-order valence-electron chi connectivity index (χ0n) is 22.6. The third-order valence-corrected chi connectivity index (χ3v) is 6.24. The zero-order chi connectivity index (χ0) is 30.4. The summed E-state index contributed by atoms with van der Waals surface area (Å²) in [6.07, 6.45) is 0.710. The Morgan fingerprint density at radius 1 is 0.732 bits per heavy atom. The van der Waals surface area contributed by atoms with E-state index in [9.17, 15) is 34.2 Å². The van der Waals surface area contributed by atoms with Gasteiger partial charge in [-0.05, 0) is 55.5 Å². The first-order chi connectivity index (χ1) is 19.5. The van der Waals surface area contributed by atoms with E-state index in [1.54, 1.807) is 0 Å². The number of phenolic OH excluding ortho intramolecular Hbond substituents is 1. The number of carboxylic acid groups (broad SMARTS) is 1. The number of unbranched alkanes of at least 4 members (excludes halogenated alkanes) is 1. The summed E-state index contributed by atoms with van der Waals surface area (Å²) in [7, 11) is 0. The van der Waals surface area contributed by atoms with Crippen LogP contribution in [0.15, 0.2) is 54.6 Å². The third kappa shape index (κ3) is 11.6. The number of primary amides is 1. The van der Waals surface area contributed by atoms with Gasteiger partial charge in [-0.15, -0.1) is 0 Å². The Bertz CT molecular complexity index is 1180. The lowest BCUT2D eigenvalue weighted by Crippen LogP contribution is -2.58. The Morgan fingerprint density at radius 3 is 1.88 bits per heavy atom. The molecule has 13 heteroatoms. The number of phenols is 1. The predicted octanol–water partition coefficient (Wildman–Crippen LogP) is -0.952. The summed E-state index contributed by atoms with van der Waals surface area (Å²) < 4.78 is 0. The molecule has 222 valence electrons. The highest BCUT2D eigenvalue weighted by Crippen LogP contribution is 2.12. The van der Waals surface area contributed by atoms with Crippen LogP contribution in [0, 0.1) is 0 Å². The highest BCUT2D eigenvalue weighted by atomic mass is 16.4. The normalized spacial score (nSPS) is 13.7. The molecule has 0 fully saturated rings. The molecule has 2 rings (SSSR count). The smallest absolute Gasteiger partial charge is 0.326 e. The van der Waals surface area contributed by atoms with E-state index < -0.39 is 60.2 Å². The van der Waals surface area contributed by atoms with Crippen molar-refractivity contribution in [2.45, 2.75) is 62.7 Å². The number of aromatic hydroxyl groups is 1. The van der Waals surface area contributed by atoms with Crippen LogP contribution in [-0.4, -0.2) is 70.5 Å². The van der Waals surface area contributed by atoms with Crippen molar-refractivity contribution in [3.05, 3.63) is 65.7 Å². The zero-order valence-corrected chi connectivity index (χ0v) is 22.6. The maximum Gasteiger partial charge on any atom is 0.326 e. The second kappa shape index (κ2) is 16.6. The lowest BCUT2D eigenvalue weighted by Gasteiger charge is -2.25. The molecule has 2 aromatic rings. The van der Waals surface area contributed by atoms with Gasteiger partial charge in [0.25, 0.3) is 0 Å². The van der Waals surface area contributed by atoms with Crippen LogP contribution in [0.4, 0.5) is 0 Å². The van der Waals surface area contributed by atoms with Gasteiger partial charge in [-0.2, -0.15) is 0 Å². The molecule has 4 unspecified atom stereocenters. The largest absolute Gasteiger partial charge is 0.508 e. The molecule has 0 aliphatic carbocycles. The number of carbonyl (C=O) groups excluding carboxylic acids is 4. The number of carbonyl (C=O) groups is 5. The highest BCUT2D eigenvalue weighted by molar-refractivity contribution is 5.96. The standard InChI is InChI=1S/C28H38N6O7/c29-13-5-4-8-21(32-25(37)20(30)14-17-6-2-1-3-7-17)26(38)33-22(16-24(31)36)27(39)34-23(28(40)41)15-18-9-11-19(35)12-10-18/h1-3,6-7,9-12,20-23,35H,4-5,8,13-16,29-30H2,(H2,31,36)(H,32,37)(H,33,38)(H,34,39)(H,40,41). The minimum Gasteiger partial charge on any atom is -0.508 e. The van der Waals surface area contributed by atoms with E-state index in [-0.39, 0.29) is 25.0 Å². The van der Waals surface area contributed by atoms with E-state index in [4.69, 9.17) is 17.2 Å². The second-order valence-corrected chi connectivity index (χ2v) is 9.64. The Balaban J connectivity index is 2.13. The number of amides is 4. The van der Waals surface area contributed by atoms with Crippen LogP contribution in [0.5, 0.6) is 5.75 Å². The number of hydrogen-bond donors (Lipinski definition) is 8.